The fourth-order valence-electron chi connectivity index (χ4n) is 3.37. The molecule has 178 valence electrons. The van der Waals surface area contributed by atoms with Crippen LogP contribution < -0.4 is 16.6 Å². The molecule has 1 heterocycles. The summed E-state index contributed by atoms with van der Waals surface area (Å²) >= 11 is 0. The number of nitrogens with one attached hydrogen (secondary N) is 1. The van der Waals surface area contributed by atoms with Gasteiger partial charge in [0.1, 0.15) is 6.61 Å². The standard InChI is InChI=1S/C25H21N3O6S/c29-23-22(35(32,33)21-14-8-3-9-15-21)18-27(25(31)28(23)20-12-6-2-7-13-20)16-17-34-24(30)26-19-10-4-1-5-11-19/h1-15,18H,16-17H2,(H,26,30). The van der Waals surface area contributed by atoms with Crippen molar-refractivity contribution < 1.29 is 17.9 Å². The lowest BCUT2D eigenvalue weighted by molar-refractivity contribution is 0.156. The van der Waals surface area contributed by atoms with E-state index in [0.29, 0.717) is 5.69 Å². The van der Waals surface area contributed by atoms with Gasteiger partial charge in [0.2, 0.25) is 9.84 Å². The molecule has 4 aromatic rings. The van der Waals surface area contributed by atoms with Gasteiger partial charge in [0.05, 0.1) is 17.1 Å². The Hall–Kier alpha value is -4.44. The molecule has 0 radical (unpaired) electrons. The minimum atomic E-state index is -4.23. The zero-order valence-corrected chi connectivity index (χ0v) is 19.2. The van der Waals surface area contributed by atoms with Crippen molar-refractivity contribution in [1.29, 1.82) is 0 Å². The third-order valence-corrected chi connectivity index (χ3v) is 6.82. The first-order chi connectivity index (χ1) is 16.9. The molecule has 0 bridgehead atoms. The lowest BCUT2D eigenvalue weighted by atomic mass is 10.3. The molecule has 0 aliphatic rings. The average Bonchev–Trinajstić information content (AvgIpc) is 2.87. The van der Waals surface area contributed by atoms with Crippen LogP contribution in [0.2, 0.25) is 0 Å². The smallest absolute Gasteiger partial charge is 0.411 e. The molecular formula is C25H21N3O6S. The first-order valence-corrected chi connectivity index (χ1v) is 12.1. The molecule has 0 aliphatic heterocycles. The molecule has 1 aromatic heterocycles. The van der Waals surface area contributed by atoms with Crippen molar-refractivity contribution >= 4 is 21.6 Å². The van der Waals surface area contributed by atoms with Crippen molar-refractivity contribution in [2.24, 2.45) is 0 Å². The molecule has 4 rings (SSSR count). The predicted octanol–water partition coefficient (Wildman–Crippen LogP) is 3.08. The molecule has 10 heteroatoms. The minimum Gasteiger partial charge on any atom is -0.447 e. The second-order valence-corrected chi connectivity index (χ2v) is 9.31. The van der Waals surface area contributed by atoms with Gasteiger partial charge in [-0.3, -0.25) is 14.7 Å². The Morgan fingerprint density at radius 2 is 1.40 bits per heavy atom. The molecule has 9 nitrogen and oxygen atoms in total. The van der Waals surface area contributed by atoms with E-state index in [1.807, 2.05) is 0 Å². The lowest BCUT2D eigenvalue weighted by Crippen LogP contribution is -2.41. The summed E-state index contributed by atoms with van der Waals surface area (Å²) in [7, 11) is -4.23. The maximum Gasteiger partial charge on any atom is 0.411 e. The molecular weight excluding hydrogens is 470 g/mol. The number of carbonyl (C=O) groups excluding carboxylic acids is 1. The number of hydrogen-bond donors (Lipinski definition) is 1. The summed E-state index contributed by atoms with van der Waals surface area (Å²) in [5.41, 5.74) is -0.989. The summed E-state index contributed by atoms with van der Waals surface area (Å²) in [6.07, 6.45) is 0.253. The Kier molecular flexibility index (Phi) is 6.93. The van der Waals surface area contributed by atoms with Gasteiger partial charge < -0.3 is 4.74 Å². The maximum absolute atomic E-state index is 13.3. The summed E-state index contributed by atoms with van der Waals surface area (Å²) in [6.45, 7) is -0.415. The molecule has 0 atom stereocenters. The number of carbonyl (C=O) groups is 1. The highest BCUT2D eigenvalue weighted by atomic mass is 32.2. The summed E-state index contributed by atoms with van der Waals surface area (Å²) in [4.78, 5) is 37.8. The van der Waals surface area contributed by atoms with Gasteiger partial charge in [-0.2, -0.15) is 0 Å². The van der Waals surface area contributed by atoms with Crippen LogP contribution in [-0.2, 0) is 21.1 Å². The van der Waals surface area contributed by atoms with Gasteiger partial charge in [0.15, 0.2) is 4.90 Å². The molecule has 3 aromatic carbocycles. The molecule has 35 heavy (non-hydrogen) atoms. The highest BCUT2D eigenvalue weighted by Crippen LogP contribution is 2.17. The first-order valence-electron chi connectivity index (χ1n) is 10.6. The number of rotatable bonds is 7. The fraction of sp³-hybridized carbons (Fsp3) is 0.0800. The summed E-state index contributed by atoms with van der Waals surface area (Å²) in [6, 6.07) is 24.1. The maximum atomic E-state index is 13.3. The molecule has 1 amide bonds. The SMILES string of the molecule is O=C(Nc1ccccc1)OCCn1cc(S(=O)(=O)c2ccccc2)c(=O)n(-c2ccccc2)c1=O. The van der Waals surface area contributed by atoms with E-state index in [0.717, 1.165) is 15.3 Å². The first kappa shape index (κ1) is 23.7. The fourth-order valence-corrected chi connectivity index (χ4v) is 4.72. The Bertz CT molecular complexity index is 1550. The van der Waals surface area contributed by atoms with Crippen LogP contribution in [0.3, 0.4) is 0 Å². The topological polar surface area (TPSA) is 116 Å². The van der Waals surface area contributed by atoms with E-state index in [9.17, 15) is 22.8 Å². The second-order valence-electron chi connectivity index (χ2n) is 7.39. The average molecular weight is 492 g/mol. The minimum absolute atomic E-state index is 0.0830. The summed E-state index contributed by atoms with van der Waals surface area (Å²) in [5.74, 6) is 0. The highest BCUT2D eigenvalue weighted by Gasteiger charge is 2.25. The van der Waals surface area contributed by atoms with E-state index in [-0.39, 0.29) is 23.7 Å². The van der Waals surface area contributed by atoms with Gasteiger partial charge in [-0.25, -0.2) is 22.6 Å². The number of sulfone groups is 1. The van der Waals surface area contributed by atoms with E-state index >= 15 is 0 Å². The van der Waals surface area contributed by atoms with Gasteiger partial charge in [-0.05, 0) is 36.4 Å². The van der Waals surface area contributed by atoms with Gasteiger partial charge >= 0.3 is 11.8 Å². The Balaban J connectivity index is 1.69. The zero-order chi connectivity index (χ0) is 24.8. The van der Waals surface area contributed by atoms with Crippen LogP contribution >= 0.6 is 0 Å². The Morgan fingerprint density at radius 1 is 0.829 bits per heavy atom. The largest absolute Gasteiger partial charge is 0.447 e. The quantitative estimate of drug-likeness (QED) is 0.425. The summed E-state index contributed by atoms with van der Waals surface area (Å²) in [5, 5.41) is 2.55. The van der Waals surface area contributed by atoms with E-state index in [1.54, 1.807) is 54.6 Å². The van der Waals surface area contributed by atoms with Gasteiger partial charge in [0.25, 0.3) is 5.56 Å². The monoisotopic (exact) mass is 491 g/mol. The summed E-state index contributed by atoms with van der Waals surface area (Å²) < 4.78 is 33.5. The van der Waals surface area contributed by atoms with Crippen LogP contribution in [0.15, 0.2) is 117 Å². The van der Waals surface area contributed by atoms with E-state index in [1.165, 1.54) is 36.4 Å². The van der Waals surface area contributed by atoms with Gasteiger partial charge in [-0.1, -0.05) is 54.6 Å². The number of hydrogen-bond acceptors (Lipinski definition) is 6. The van der Waals surface area contributed by atoms with Crippen LogP contribution in [0.4, 0.5) is 10.5 Å². The van der Waals surface area contributed by atoms with Crippen LogP contribution in [-0.4, -0.2) is 30.3 Å². The van der Waals surface area contributed by atoms with Crippen molar-refractivity contribution in [2.75, 3.05) is 11.9 Å². The molecule has 0 unspecified atom stereocenters. The molecule has 0 saturated carbocycles. The van der Waals surface area contributed by atoms with Crippen LogP contribution in [0.1, 0.15) is 0 Å². The van der Waals surface area contributed by atoms with Crippen molar-refractivity contribution in [3.63, 3.8) is 0 Å². The number of nitrogens with zero attached hydrogens (tertiary/aromatic N) is 2. The van der Waals surface area contributed by atoms with E-state index < -0.39 is 32.1 Å². The van der Waals surface area contributed by atoms with Crippen molar-refractivity contribution in [3.8, 4) is 5.69 Å². The van der Waals surface area contributed by atoms with Crippen LogP contribution in [0.5, 0.6) is 0 Å². The number of amides is 1. The van der Waals surface area contributed by atoms with E-state index in [4.69, 9.17) is 4.74 Å². The molecule has 0 aliphatic carbocycles. The molecule has 0 fully saturated rings. The normalized spacial score (nSPS) is 11.1. The number of aromatic nitrogens is 2. The molecule has 0 spiro atoms. The van der Waals surface area contributed by atoms with Crippen molar-refractivity contribution in [1.82, 2.24) is 9.13 Å². The number of ether oxygens (including phenoxy) is 1. The third-order valence-electron chi connectivity index (χ3n) is 5.07. The van der Waals surface area contributed by atoms with Crippen molar-refractivity contribution in [3.05, 3.63) is 118 Å². The van der Waals surface area contributed by atoms with Crippen LogP contribution in [0.25, 0.3) is 5.69 Å². The lowest BCUT2D eigenvalue weighted by Gasteiger charge is -2.14. The number of anilines is 1. The van der Waals surface area contributed by atoms with Crippen molar-refractivity contribution in [2.45, 2.75) is 16.3 Å². The van der Waals surface area contributed by atoms with Gasteiger partial charge in [-0.15, -0.1) is 0 Å². The second kappa shape index (κ2) is 10.2. The molecule has 0 saturated heterocycles. The third kappa shape index (κ3) is 5.22. The number of benzene rings is 3. The molecule has 1 N–H and O–H groups in total. The zero-order valence-electron chi connectivity index (χ0n) is 18.4. The van der Waals surface area contributed by atoms with Gasteiger partial charge in [0, 0.05) is 11.9 Å². The Labute approximate surface area is 200 Å². The predicted molar refractivity (Wildman–Crippen MR) is 130 cm³/mol. The Morgan fingerprint density at radius 3 is 2.03 bits per heavy atom. The van der Waals surface area contributed by atoms with Crippen LogP contribution in [0, 0.1) is 0 Å². The highest BCUT2D eigenvalue weighted by molar-refractivity contribution is 7.91. The van der Waals surface area contributed by atoms with E-state index in [2.05, 4.69) is 5.32 Å². The number of para-hydroxylation sites is 2.